The Kier molecular flexibility index (Phi) is 4.68. The molecule has 3 aliphatic rings. The molecule has 2 N–H and O–H groups in total. The minimum atomic E-state index is -1.94. The van der Waals surface area contributed by atoms with Gasteiger partial charge < -0.3 is 15.2 Å². The van der Waals surface area contributed by atoms with Crippen molar-refractivity contribution in [1.82, 2.24) is 9.88 Å². The van der Waals surface area contributed by atoms with Gasteiger partial charge in [0.1, 0.15) is 11.0 Å². The van der Waals surface area contributed by atoms with Crippen molar-refractivity contribution >= 4 is 55.8 Å². The number of hydrogen-bond acceptors (Lipinski definition) is 5. The summed E-state index contributed by atoms with van der Waals surface area (Å²) in [6.45, 7) is -0.130. The van der Waals surface area contributed by atoms with E-state index in [9.17, 15) is 19.6 Å². The number of fused-ring (bicyclic) bond motifs is 6. The van der Waals surface area contributed by atoms with Crippen molar-refractivity contribution in [2.24, 2.45) is 5.41 Å². The Morgan fingerprint density at radius 1 is 1.03 bits per heavy atom. The fraction of sp³-hybridized carbons (Fsp3) is 0.200. The summed E-state index contributed by atoms with van der Waals surface area (Å²) in [4.78, 5) is 50.5. The standard InChI is InChI=1S/C30H22BrN5O3/c1-35-16-28(15-32,25(37)19-14-33-22-9-5-3-7-18(19)22)29(20-8-4-6-10-23(20)34-26(29)38)30(35)21-13-17(31)11-12-24(21)36(2)27(30)39/h3-14,33H,16H2,1-2H3,(H,34,38)/t28-,29+,30-/m1/s1. The number of nitriles is 1. The van der Waals surface area contributed by atoms with Gasteiger partial charge in [0, 0.05) is 57.7 Å². The second-order valence-electron chi connectivity index (χ2n) is 10.4. The highest BCUT2D eigenvalue weighted by Gasteiger charge is 2.84. The largest absolute Gasteiger partial charge is 0.360 e. The summed E-state index contributed by atoms with van der Waals surface area (Å²) in [5, 5.41) is 14.7. The van der Waals surface area contributed by atoms with Crippen molar-refractivity contribution in [3.05, 3.63) is 94.1 Å². The maximum absolute atomic E-state index is 14.9. The number of hydrogen-bond donors (Lipinski definition) is 2. The molecule has 0 bridgehead atoms. The molecule has 3 atom stereocenters. The molecule has 2 spiro atoms. The molecule has 0 radical (unpaired) electrons. The molecule has 9 heteroatoms. The second kappa shape index (κ2) is 7.65. The first-order valence-electron chi connectivity index (χ1n) is 12.5. The van der Waals surface area contributed by atoms with Crippen LogP contribution in [0.5, 0.6) is 0 Å². The summed E-state index contributed by atoms with van der Waals surface area (Å²) in [6, 6.07) is 22.2. The highest BCUT2D eigenvalue weighted by atomic mass is 79.9. The summed E-state index contributed by atoms with van der Waals surface area (Å²) in [5.41, 5.74) is -2.28. The molecule has 3 aliphatic heterocycles. The average molecular weight is 580 g/mol. The normalized spacial score (nSPS) is 27.3. The van der Waals surface area contributed by atoms with Gasteiger partial charge in [0.05, 0.1) is 6.07 Å². The lowest BCUT2D eigenvalue weighted by molar-refractivity contribution is -0.138. The number of rotatable bonds is 2. The number of carbonyl (C=O) groups excluding carboxylic acids is 3. The summed E-state index contributed by atoms with van der Waals surface area (Å²) in [7, 11) is 3.39. The number of anilines is 2. The molecule has 7 rings (SSSR count). The Bertz CT molecular complexity index is 1820. The highest BCUT2D eigenvalue weighted by Crippen LogP contribution is 2.69. The minimum Gasteiger partial charge on any atom is -0.360 e. The molecule has 0 unspecified atom stereocenters. The quantitative estimate of drug-likeness (QED) is 0.343. The molecule has 0 saturated carbocycles. The Hall–Kier alpha value is -4.26. The number of benzene rings is 3. The second-order valence-corrected chi connectivity index (χ2v) is 11.4. The van der Waals surface area contributed by atoms with Crippen LogP contribution in [0.2, 0.25) is 0 Å². The third-order valence-corrected chi connectivity index (χ3v) is 9.38. The van der Waals surface area contributed by atoms with Crippen molar-refractivity contribution in [1.29, 1.82) is 5.26 Å². The molecule has 0 aliphatic carbocycles. The van der Waals surface area contributed by atoms with E-state index in [0.29, 0.717) is 33.5 Å². The van der Waals surface area contributed by atoms with Crippen LogP contribution in [0.4, 0.5) is 11.4 Å². The van der Waals surface area contributed by atoms with E-state index in [1.54, 1.807) is 49.5 Å². The maximum atomic E-state index is 14.9. The van der Waals surface area contributed by atoms with Crippen molar-refractivity contribution in [2.45, 2.75) is 11.0 Å². The lowest BCUT2D eigenvalue weighted by Crippen LogP contribution is -2.65. The lowest BCUT2D eigenvalue weighted by Gasteiger charge is -2.45. The van der Waals surface area contributed by atoms with E-state index in [0.717, 1.165) is 9.99 Å². The van der Waals surface area contributed by atoms with Gasteiger partial charge in [-0.3, -0.25) is 19.3 Å². The number of nitrogens with zero attached hydrogens (tertiary/aromatic N) is 3. The number of carbonyl (C=O) groups is 3. The van der Waals surface area contributed by atoms with Gasteiger partial charge in [-0.05, 0) is 42.9 Å². The zero-order valence-corrected chi connectivity index (χ0v) is 22.7. The molecule has 192 valence electrons. The van der Waals surface area contributed by atoms with E-state index >= 15 is 0 Å². The predicted octanol–water partition coefficient (Wildman–Crippen LogP) is 4.33. The fourth-order valence-corrected chi connectivity index (χ4v) is 7.78. The van der Waals surface area contributed by atoms with E-state index in [-0.39, 0.29) is 12.5 Å². The molecule has 2 amide bonds. The van der Waals surface area contributed by atoms with E-state index in [1.807, 2.05) is 42.5 Å². The molecule has 39 heavy (non-hydrogen) atoms. The highest BCUT2D eigenvalue weighted by molar-refractivity contribution is 9.10. The molecule has 1 aromatic heterocycles. The Morgan fingerprint density at radius 3 is 2.56 bits per heavy atom. The number of nitrogens with one attached hydrogen (secondary N) is 2. The topological polar surface area (TPSA) is 109 Å². The van der Waals surface area contributed by atoms with Crippen molar-refractivity contribution in [2.75, 3.05) is 30.9 Å². The maximum Gasteiger partial charge on any atom is 0.253 e. The first-order chi connectivity index (χ1) is 18.8. The lowest BCUT2D eigenvalue weighted by atomic mass is 9.51. The number of likely N-dealkylation sites (tertiary alicyclic amines) is 1. The Balaban J connectivity index is 1.64. The molecule has 8 nitrogen and oxygen atoms in total. The van der Waals surface area contributed by atoms with Crippen LogP contribution >= 0.6 is 15.9 Å². The van der Waals surface area contributed by atoms with Crippen LogP contribution in [-0.4, -0.2) is 48.1 Å². The number of aromatic amines is 1. The van der Waals surface area contributed by atoms with Crippen LogP contribution < -0.4 is 10.2 Å². The molecule has 1 fully saturated rings. The van der Waals surface area contributed by atoms with E-state index < -0.39 is 28.1 Å². The van der Waals surface area contributed by atoms with Gasteiger partial charge in [0.25, 0.3) is 5.91 Å². The minimum absolute atomic E-state index is 0.130. The van der Waals surface area contributed by atoms with Crippen LogP contribution in [0.15, 0.2) is 77.4 Å². The predicted molar refractivity (Wildman–Crippen MR) is 149 cm³/mol. The molecule has 1 saturated heterocycles. The third kappa shape index (κ3) is 2.45. The van der Waals surface area contributed by atoms with E-state index in [2.05, 4.69) is 32.3 Å². The van der Waals surface area contributed by atoms with E-state index in [1.165, 1.54) is 4.90 Å². The summed E-state index contributed by atoms with van der Waals surface area (Å²) in [6.07, 6.45) is 1.59. The number of aromatic nitrogens is 1. The zero-order chi connectivity index (χ0) is 27.3. The zero-order valence-electron chi connectivity index (χ0n) is 21.1. The van der Waals surface area contributed by atoms with Gasteiger partial charge in [0.15, 0.2) is 11.2 Å². The van der Waals surface area contributed by atoms with Gasteiger partial charge >= 0.3 is 0 Å². The Morgan fingerprint density at radius 2 is 1.77 bits per heavy atom. The molecular weight excluding hydrogens is 558 g/mol. The molecule has 4 heterocycles. The number of halogens is 1. The number of para-hydroxylation sites is 2. The van der Waals surface area contributed by atoms with Crippen molar-refractivity contribution < 1.29 is 14.4 Å². The van der Waals surface area contributed by atoms with Crippen molar-refractivity contribution in [3.63, 3.8) is 0 Å². The number of likely N-dealkylation sites (N-methyl/N-ethyl adjacent to an activating group) is 2. The third-order valence-electron chi connectivity index (χ3n) is 8.89. The van der Waals surface area contributed by atoms with E-state index in [4.69, 9.17) is 0 Å². The average Bonchev–Trinajstić information content (AvgIpc) is 3.62. The molecule has 3 aromatic carbocycles. The summed E-state index contributed by atoms with van der Waals surface area (Å²) in [5.74, 6) is -1.41. The number of amides is 2. The number of Topliss-reactive ketones (excluding diaryl/α,β-unsaturated/α-hetero) is 1. The van der Waals surface area contributed by atoms with Gasteiger partial charge in [-0.2, -0.15) is 5.26 Å². The number of H-pyrrole nitrogens is 1. The van der Waals surface area contributed by atoms with Gasteiger partial charge in [-0.25, -0.2) is 0 Å². The molecule has 4 aromatic rings. The summed E-state index contributed by atoms with van der Waals surface area (Å²) < 4.78 is 0.719. The van der Waals surface area contributed by atoms with Gasteiger partial charge in [0.2, 0.25) is 5.91 Å². The van der Waals surface area contributed by atoms with Crippen LogP contribution in [0.1, 0.15) is 21.5 Å². The first kappa shape index (κ1) is 23.8. The SMILES string of the molecule is CN1C(=O)[C@@]2(c3cc(Br)ccc31)N(C)C[C@](C#N)(C(=O)c1c[nH]c3ccccc13)[C@]21C(=O)Nc2ccccc21. The van der Waals surface area contributed by atoms with Crippen LogP contribution in [0.25, 0.3) is 10.9 Å². The smallest absolute Gasteiger partial charge is 0.253 e. The van der Waals surface area contributed by atoms with Crippen molar-refractivity contribution in [3.8, 4) is 6.07 Å². The first-order valence-corrected chi connectivity index (χ1v) is 13.3. The van der Waals surface area contributed by atoms with Gasteiger partial charge in [-0.1, -0.05) is 52.3 Å². The molecular formula is C30H22BrN5O3. The van der Waals surface area contributed by atoms with Crippen LogP contribution in [0, 0.1) is 16.7 Å². The van der Waals surface area contributed by atoms with Crippen LogP contribution in [-0.2, 0) is 20.5 Å². The Labute approximate surface area is 232 Å². The van der Waals surface area contributed by atoms with Gasteiger partial charge in [-0.15, -0.1) is 0 Å². The summed E-state index contributed by atoms with van der Waals surface area (Å²) >= 11 is 3.55. The van der Waals surface area contributed by atoms with Crippen LogP contribution in [0.3, 0.4) is 0 Å². The number of ketones is 1. The monoisotopic (exact) mass is 579 g/mol. The fourth-order valence-electron chi connectivity index (χ4n) is 7.42.